The standard InChI is InChI=1S/C14H21FN2O/c1-10(16)12-3-2-4-13(15)14(12)17-7-5-11(9-17)6-8-18/h2-4,10-11,18H,5-9,16H2,1H3/t10-,11?/m0/s1. The molecule has 0 aliphatic carbocycles. The van der Waals surface area contributed by atoms with Crippen LogP contribution in [0.25, 0.3) is 0 Å². The van der Waals surface area contributed by atoms with E-state index in [1.54, 1.807) is 6.07 Å². The van der Waals surface area contributed by atoms with E-state index in [1.807, 2.05) is 13.0 Å². The summed E-state index contributed by atoms with van der Waals surface area (Å²) in [5, 5.41) is 8.97. The number of para-hydroxylation sites is 1. The quantitative estimate of drug-likeness (QED) is 0.862. The molecular weight excluding hydrogens is 231 g/mol. The monoisotopic (exact) mass is 252 g/mol. The van der Waals surface area contributed by atoms with Crippen LogP contribution in [0, 0.1) is 11.7 Å². The van der Waals surface area contributed by atoms with E-state index in [0.717, 1.165) is 31.5 Å². The van der Waals surface area contributed by atoms with Crippen LogP contribution in [0.5, 0.6) is 0 Å². The topological polar surface area (TPSA) is 49.5 Å². The molecule has 0 aromatic heterocycles. The molecule has 1 aromatic rings. The minimum atomic E-state index is -0.200. The minimum absolute atomic E-state index is 0.174. The lowest BCUT2D eigenvalue weighted by atomic mass is 10.0. The van der Waals surface area contributed by atoms with Crippen LogP contribution >= 0.6 is 0 Å². The maximum Gasteiger partial charge on any atom is 0.146 e. The average molecular weight is 252 g/mol. The molecule has 1 aliphatic heterocycles. The van der Waals surface area contributed by atoms with E-state index in [1.165, 1.54) is 6.07 Å². The molecule has 0 radical (unpaired) electrons. The Morgan fingerprint density at radius 3 is 3.00 bits per heavy atom. The summed E-state index contributed by atoms with van der Waals surface area (Å²) in [7, 11) is 0. The number of nitrogens with two attached hydrogens (primary N) is 1. The first kappa shape index (κ1) is 13.3. The first-order chi connectivity index (χ1) is 8.63. The number of nitrogens with zero attached hydrogens (tertiary/aromatic N) is 1. The van der Waals surface area contributed by atoms with Crippen LogP contribution in [0.1, 0.15) is 31.4 Å². The number of halogens is 1. The zero-order chi connectivity index (χ0) is 13.1. The number of anilines is 1. The summed E-state index contributed by atoms with van der Waals surface area (Å²) in [6.07, 6.45) is 1.80. The molecule has 3 nitrogen and oxygen atoms in total. The maximum absolute atomic E-state index is 14.0. The van der Waals surface area contributed by atoms with Crippen LogP contribution in [-0.2, 0) is 0 Å². The Morgan fingerprint density at radius 2 is 2.33 bits per heavy atom. The van der Waals surface area contributed by atoms with Gasteiger partial charge in [0.05, 0.1) is 5.69 Å². The van der Waals surface area contributed by atoms with E-state index in [4.69, 9.17) is 10.8 Å². The number of hydrogen-bond acceptors (Lipinski definition) is 3. The molecule has 1 fully saturated rings. The van der Waals surface area contributed by atoms with Crippen molar-refractivity contribution >= 4 is 5.69 Å². The van der Waals surface area contributed by atoms with E-state index < -0.39 is 0 Å². The molecule has 0 spiro atoms. The van der Waals surface area contributed by atoms with Crippen LogP contribution in [-0.4, -0.2) is 24.8 Å². The minimum Gasteiger partial charge on any atom is -0.396 e. The zero-order valence-corrected chi connectivity index (χ0v) is 10.8. The maximum atomic E-state index is 14.0. The van der Waals surface area contributed by atoms with Gasteiger partial charge in [-0.25, -0.2) is 4.39 Å². The molecule has 0 bridgehead atoms. The highest BCUT2D eigenvalue weighted by Crippen LogP contribution is 2.33. The molecule has 0 saturated carbocycles. The number of benzene rings is 1. The van der Waals surface area contributed by atoms with Crippen LogP contribution in [0.2, 0.25) is 0 Å². The molecule has 3 N–H and O–H groups in total. The molecular formula is C14H21FN2O. The highest BCUT2D eigenvalue weighted by molar-refractivity contribution is 5.56. The predicted octanol–water partition coefficient (Wildman–Crippen LogP) is 2.05. The summed E-state index contributed by atoms with van der Waals surface area (Å²) in [4.78, 5) is 2.06. The fourth-order valence-electron chi connectivity index (χ4n) is 2.69. The molecule has 2 atom stereocenters. The Kier molecular flexibility index (Phi) is 4.19. The molecule has 1 aromatic carbocycles. The van der Waals surface area contributed by atoms with E-state index in [-0.39, 0.29) is 18.5 Å². The summed E-state index contributed by atoms with van der Waals surface area (Å²) >= 11 is 0. The average Bonchev–Trinajstić information content (AvgIpc) is 2.77. The molecule has 18 heavy (non-hydrogen) atoms. The Hall–Kier alpha value is -1.13. The normalized spacial score (nSPS) is 21.3. The van der Waals surface area contributed by atoms with Gasteiger partial charge in [-0.05, 0) is 37.3 Å². The molecule has 4 heteroatoms. The highest BCUT2D eigenvalue weighted by atomic mass is 19.1. The van der Waals surface area contributed by atoms with Gasteiger partial charge in [-0.2, -0.15) is 0 Å². The number of hydrogen-bond donors (Lipinski definition) is 2. The number of aliphatic hydroxyl groups is 1. The number of rotatable bonds is 4. The lowest BCUT2D eigenvalue weighted by Gasteiger charge is -2.24. The van der Waals surface area contributed by atoms with Gasteiger partial charge in [0.1, 0.15) is 5.82 Å². The van der Waals surface area contributed by atoms with Crippen molar-refractivity contribution in [1.82, 2.24) is 0 Å². The summed E-state index contributed by atoms with van der Waals surface area (Å²) < 4.78 is 14.0. The van der Waals surface area contributed by atoms with E-state index in [2.05, 4.69) is 4.90 Å². The Morgan fingerprint density at radius 1 is 1.56 bits per heavy atom. The smallest absolute Gasteiger partial charge is 0.146 e. The first-order valence-electron chi connectivity index (χ1n) is 6.53. The van der Waals surface area contributed by atoms with E-state index >= 15 is 0 Å². The fourth-order valence-corrected chi connectivity index (χ4v) is 2.69. The molecule has 1 aliphatic rings. The molecule has 1 heterocycles. The Labute approximate surface area is 107 Å². The van der Waals surface area contributed by atoms with Gasteiger partial charge < -0.3 is 15.7 Å². The molecule has 2 rings (SSSR count). The SMILES string of the molecule is C[C@H](N)c1cccc(F)c1N1CCC(CCO)C1. The Balaban J connectivity index is 2.23. The van der Waals surface area contributed by atoms with Gasteiger partial charge in [0.2, 0.25) is 0 Å². The molecule has 1 saturated heterocycles. The zero-order valence-electron chi connectivity index (χ0n) is 10.8. The molecule has 100 valence electrons. The largest absolute Gasteiger partial charge is 0.396 e. The van der Waals surface area contributed by atoms with Crippen LogP contribution in [0.3, 0.4) is 0 Å². The second-order valence-corrected chi connectivity index (χ2v) is 5.08. The molecule has 0 amide bonds. The van der Waals surface area contributed by atoms with Gasteiger partial charge in [0, 0.05) is 25.7 Å². The van der Waals surface area contributed by atoms with Gasteiger partial charge >= 0.3 is 0 Å². The van der Waals surface area contributed by atoms with Gasteiger partial charge in [0.15, 0.2) is 0 Å². The van der Waals surface area contributed by atoms with E-state index in [0.29, 0.717) is 11.6 Å². The van der Waals surface area contributed by atoms with Crippen molar-refractivity contribution in [1.29, 1.82) is 0 Å². The first-order valence-corrected chi connectivity index (χ1v) is 6.53. The van der Waals surface area contributed by atoms with Crippen molar-refractivity contribution in [2.75, 3.05) is 24.6 Å². The van der Waals surface area contributed by atoms with Crippen LogP contribution < -0.4 is 10.6 Å². The molecule has 1 unspecified atom stereocenters. The lowest BCUT2D eigenvalue weighted by Crippen LogP contribution is -2.24. The summed E-state index contributed by atoms with van der Waals surface area (Å²) in [5.74, 6) is 0.255. The number of aliphatic hydroxyl groups excluding tert-OH is 1. The second-order valence-electron chi connectivity index (χ2n) is 5.08. The summed E-state index contributed by atoms with van der Waals surface area (Å²) in [6, 6.07) is 4.91. The Bertz CT molecular complexity index is 409. The van der Waals surface area contributed by atoms with Crippen molar-refractivity contribution in [3.05, 3.63) is 29.6 Å². The van der Waals surface area contributed by atoms with Crippen molar-refractivity contribution in [3.63, 3.8) is 0 Å². The third-order valence-electron chi connectivity index (χ3n) is 3.65. The van der Waals surface area contributed by atoms with Crippen molar-refractivity contribution in [2.24, 2.45) is 11.7 Å². The van der Waals surface area contributed by atoms with Crippen molar-refractivity contribution in [2.45, 2.75) is 25.8 Å². The van der Waals surface area contributed by atoms with E-state index in [9.17, 15) is 4.39 Å². The van der Waals surface area contributed by atoms with Gasteiger partial charge in [-0.1, -0.05) is 12.1 Å². The predicted molar refractivity (Wildman–Crippen MR) is 71.0 cm³/mol. The third-order valence-corrected chi connectivity index (χ3v) is 3.65. The van der Waals surface area contributed by atoms with Gasteiger partial charge in [-0.3, -0.25) is 0 Å². The third kappa shape index (κ3) is 2.65. The van der Waals surface area contributed by atoms with Crippen molar-refractivity contribution in [3.8, 4) is 0 Å². The van der Waals surface area contributed by atoms with Crippen LogP contribution in [0.15, 0.2) is 18.2 Å². The highest BCUT2D eigenvalue weighted by Gasteiger charge is 2.26. The van der Waals surface area contributed by atoms with Gasteiger partial charge in [0.25, 0.3) is 0 Å². The second kappa shape index (κ2) is 5.67. The fraction of sp³-hybridized carbons (Fsp3) is 0.571. The summed E-state index contributed by atoms with van der Waals surface area (Å²) in [6.45, 7) is 3.72. The van der Waals surface area contributed by atoms with Crippen molar-refractivity contribution < 1.29 is 9.50 Å². The summed E-state index contributed by atoms with van der Waals surface area (Å²) in [5.41, 5.74) is 7.42. The van der Waals surface area contributed by atoms with Gasteiger partial charge in [-0.15, -0.1) is 0 Å². The van der Waals surface area contributed by atoms with Crippen LogP contribution in [0.4, 0.5) is 10.1 Å². The lowest BCUT2D eigenvalue weighted by molar-refractivity contribution is 0.263.